The number of thiazole rings is 1. The number of amides is 1. The van der Waals surface area contributed by atoms with Crippen molar-refractivity contribution in [1.29, 1.82) is 0 Å². The van der Waals surface area contributed by atoms with E-state index in [2.05, 4.69) is 34.6 Å². The van der Waals surface area contributed by atoms with E-state index in [1.54, 1.807) is 6.92 Å². The molecule has 0 radical (unpaired) electrons. The van der Waals surface area contributed by atoms with Crippen molar-refractivity contribution in [3.05, 3.63) is 53.0 Å². The van der Waals surface area contributed by atoms with E-state index in [0.717, 1.165) is 10.3 Å². The first-order valence-electron chi connectivity index (χ1n) is 7.43. The number of fused-ring (bicyclic) bond motifs is 1. The van der Waals surface area contributed by atoms with Gasteiger partial charge in [0, 0.05) is 11.8 Å². The Morgan fingerprint density at radius 3 is 2.62 bits per heavy atom. The summed E-state index contributed by atoms with van der Waals surface area (Å²) in [4.78, 5) is 29.4. The third kappa shape index (κ3) is 3.83. The van der Waals surface area contributed by atoms with Gasteiger partial charge in [0.1, 0.15) is 0 Å². The Bertz CT molecular complexity index is 918. The largest absolute Gasteiger partial charge is 0.301 e. The highest BCUT2D eigenvalue weighted by Gasteiger charge is 2.13. The first-order valence-corrected chi connectivity index (χ1v) is 9.23. The molecule has 2 aromatic carbocycles. The zero-order valence-corrected chi connectivity index (χ0v) is 15.0. The van der Waals surface area contributed by atoms with E-state index < -0.39 is 0 Å². The summed E-state index contributed by atoms with van der Waals surface area (Å²) in [5.41, 5.74) is 0.657. The van der Waals surface area contributed by atoms with Gasteiger partial charge in [-0.3, -0.25) is 9.59 Å². The quantitative estimate of drug-likeness (QED) is 0.539. The van der Waals surface area contributed by atoms with Crippen LogP contribution in [0.5, 0.6) is 0 Å². The van der Waals surface area contributed by atoms with Crippen molar-refractivity contribution < 1.29 is 9.59 Å². The highest BCUT2D eigenvalue weighted by atomic mass is 32.2. The molecule has 4 nitrogen and oxygen atoms in total. The molecule has 0 aliphatic rings. The number of nitrogens with zero attached hydrogens (tertiary/aromatic N) is 1. The molecule has 24 heavy (non-hydrogen) atoms. The fourth-order valence-corrected chi connectivity index (χ4v) is 3.96. The summed E-state index contributed by atoms with van der Waals surface area (Å²) in [6.07, 6.45) is 0. The molecule has 0 aliphatic heterocycles. The average Bonchev–Trinajstić information content (AvgIpc) is 2.93. The first kappa shape index (κ1) is 16.7. The molecule has 3 rings (SSSR count). The molecule has 0 spiro atoms. The normalized spacial score (nSPS) is 10.8. The maximum Gasteiger partial charge on any atom is 0.236 e. The van der Waals surface area contributed by atoms with E-state index in [0.29, 0.717) is 21.5 Å². The minimum atomic E-state index is -0.128. The van der Waals surface area contributed by atoms with Gasteiger partial charge in [-0.05, 0) is 29.8 Å². The van der Waals surface area contributed by atoms with Gasteiger partial charge in [0.2, 0.25) is 5.91 Å². The topological polar surface area (TPSA) is 59.1 Å². The molecule has 0 saturated carbocycles. The third-order valence-electron chi connectivity index (χ3n) is 3.45. The number of carbonyl (C=O) groups excluding carboxylic acids is 2. The lowest BCUT2D eigenvalue weighted by atomic mass is 10.1. The van der Waals surface area contributed by atoms with Gasteiger partial charge < -0.3 is 5.32 Å². The Balaban J connectivity index is 1.62. The highest BCUT2D eigenvalue weighted by molar-refractivity contribution is 8.00. The number of hydrogen-bond acceptors (Lipinski definition) is 5. The standard InChI is InChI=1S/C18H16N2O2S2/c1-11-17(12(2)21)24-18(19-11)20-16(22)10-23-15-8-7-13-5-3-4-6-14(13)9-15/h3-9H,10H2,1-2H3,(H,19,20,22). The zero-order chi connectivity index (χ0) is 17.1. The number of anilines is 1. The summed E-state index contributed by atoms with van der Waals surface area (Å²) in [6, 6.07) is 14.3. The maximum absolute atomic E-state index is 12.1. The van der Waals surface area contributed by atoms with Gasteiger partial charge in [0.05, 0.1) is 16.3 Å². The molecule has 1 amide bonds. The van der Waals surface area contributed by atoms with Gasteiger partial charge in [-0.15, -0.1) is 11.8 Å². The number of rotatable bonds is 5. The lowest BCUT2D eigenvalue weighted by Crippen LogP contribution is -2.13. The van der Waals surface area contributed by atoms with Crippen LogP contribution < -0.4 is 5.32 Å². The molecule has 0 saturated heterocycles. The van der Waals surface area contributed by atoms with E-state index in [4.69, 9.17) is 0 Å². The van der Waals surface area contributed by atoms with Crippen LogP contribution in [0, 0.1) is 6.92 Å². The molecule has 122 valence electrons. The first-order chi connectivity index (χ1) is 11.5. The third-order valence-corrected chi connectivity index (χ3v) is 5.62. The summed E-state index contributed by atoms with van der Waals surface area (Å²) in [6.45, 7) is 3.27. The van der Waals surface area contributed by atoms with Crippen LogP contribution in [0.3, 0.4) is 0 Å². The molecule has 0 bridgehead atoms. The average molecular weight is 356 g/mol. The molecular formula is C18H16N2O2S2. The Morgan fingerprint density at radius 1 is 1.17 bits per heavy atom. The molecule has 0 unspecified atom stereocenters. The zero-order valence-electron chi connectivity index (χ0n) is 13.3. The van der Waals surface area contributed by atoms with Crippen molar-refractivity contribution in [2.75, 3.05) is 11.1 Å². The number of Topliss-reactive ketones (excluding diaryl/α,β-unsaturated/α-hetero) is 1. The molecule has 0 aliphatic carbocycles. The molecular weight excluding hydrogens is 340 g/mol. The van der Waals surface area contributed by atoms with E-state index in [9.17, 15) is 9.59 Å². The Hall–Kier alpha value is -2.18. The van der Waals surface area contributed by atoms with E-state index in [-0.39, 0.29) is 11.7 Å². The fraction of sp³-hybridized carbons (Fsp3) is 0.167. The van der Waals surface area contributed by atoms with Crippen LogP contribution >= 0.6 is 23.1 Å². The van der Waals surface area contributed by atoms with Crippen molar-refractivity contribution in [3.8, 4) is 0 Å². The SMILES string of the molecule is CC(=O)c1sc(NC(=O)CSc2ccc3ccccc3c2)nc1C. The molecule has 0 atom stereocenters. The Labute approximate surface area is 148 Å². The molecule has 3 aromatic rings. The number of hydrogen-bond donors (Lipinski definition) is 1. The number of nitrogens with one attached hydrogen (secondary N) is 1. The second-order valence-corrected chi connectivity index (χ2v) is 7.38. The highest BCUT2D eigenvalue weighted by Crippen LogP contribution is 2.25. The van der Waals surface area contributed by atoms with Crippen LogP contribution in [-0.2, 0) is 4.79 Å². The summed E-state index contributed by atoms with van der Waals surface area (Å²) < 4.78 is 0. The minimum Gasteiger partial charge on any atom is -0.301 e. The van der Waals surface area contributed by atoms with E-state index in [1.165, 1.54) is 35.4 Å². The number of aromatic nitrogens is 1. The van der Waals surface area contributed by atoms with Crippen LogP contribution in [0.2, 0.25) is 0 Å². The van der Waals surface area contributed by atoms with Crippen LogP contribution in [0.15, 0.2) is 47.4 Å². The van der Waals surface area contributed by atoms with Gasteiger partial charge >= 0.3 is 0 Å². The summed E-state index contributed by atoms with van der Waals surface area (Å²) in [5.74, 6) is 0.139. The number of thioether (sulfide) groups is 1. The lowest BCUT2D eigenvalue weighted by molar-refractivity contribution is -0.113. The van der Waals surface area contributed by atoms with Crippen molar-refractivity contribution in [1.82, 2.24) is 4.98 Å². The van der Waals surface area contributed by atoms with Crippen molar-refractivity contribution in [2.45, 2.75) is 18.7 Å². The van der Waals surface area contributed by atoms with Crippen molar-refractivity contribution in [2.24, 2.45) is 0 Å². The predicted octanol–water partition coefficient (Wildman–Crippen LogP) is 4.54. The monoisotopic (exact) mass is 356 g/mol. The van der Waals surface area contributed by atoms with Crippen LogP contribution in [0.1, 0.15) is 22.3 Å². The Kier molecular flexibility index (Phi) is 4.97. The van der Waals surface area contributed by atoms with Crippen LogP contribution in [0.25, 0.3) is 10.8 Å². The molecule has 1 heterocycles. The van der Waals surface area contributed by atoms with Crippen molar-refractivity contribution >= 4 is 50.7 Å². The maximum atomic E-state index is 12.1. The number of carbonyl (C=O) groups is 2. The van der Waals surface area contributed by atoms with Gasteiger partial charge in [0.15, 0.2) is 10.9 Å². The van der Waals surface area contributed by atoms with E-state index >= 15 is 0 Å². The van der Waals surface area contributed by atoms with E-state index in [1.807, 2.05) is 18.2 Å². The molecule has 1 N–H and O–H groups in total. The fourth-order valence-electron chi connectivity index (χ4n) is 2.34. The van der Waals surface area contributed by atoms with Gasteiger partial charge in [-0.2, -0.15) is 0 Å². The second kappa shape index (κ2) is 7.15. The smallest absolute Gasteiger partial charge is 0.236 e. The second-order valence-electron chi connectivity index (χ2n) is 5.34. The van der Waals surface area contributed by atoms with Gasteiger partial charge in [-0.25, -0.2) is 4.98 Å². The predicted molar refractivity (Wildman–Crippen MR) is 100 cm³/mol. The van der Waals surface area contributed by atoms with Crippen molar-refractivity contribution in [3.63, 3.8) is 0 Å². The molecule has 6 heteroatoms. The lowest BCUT2D eigenvalue weighted by Gasteiger charge is -2.04. The summed E-state index contributed by atoms with van der Waals surface area (Å²) in [7, 11) is 0. The van der Waals surface area contributed by atoms with Crippen LogP contribution in [0.4, 0.5) is 5.13 Å². The molecule has 1 aromatic heterocycles. The van der Waals surface area contributed by atoms with Gasteiger partial charge in [-0.1, -0.05) is 41.7 Å². The van der Waals surface area contributed by atoms with Gasteiger partial charge in [0.25, 0.3) is 0 Å². The van der Waals surface area contributed by atoms with Crippen LogP contribution in [-0.4, -0.2) is 22.4 Å². The molecule has 0 fully saturated rings. The number of benzene rings is 2. The summed E-state index contributed by atoms with van der Waals surface area (Å²) >= 11 is 2.70. The number of ketones is 1. The minimum absolute atomic E-state index is 0.0314. The number of aryl methyl sites for hydroxylation is 1. The summed E-state index contributed by atoms with van der Waals surface area (Å²) in [5, 5.41) is 5.57. The Morgan fingerprint density at radius 2 is 1.92 bits per heavy atom.